The van der Waals surface area contributed by atoms with Crippen LogP contribution in [0, 0.1) is 0 Å². The summed E-state index contributed by atoms with van der Waals surface area (Å²) >= 11 is 1.48. The third kappa shape index (κ3) is 3.51. The second-order valence-electron chi connectivity index (χ2n) is 5.79. The highest BCUT2D eigenvalue weighted by atomic mass is 32.1. The van der Waals surface area contributed by atoms with Gasteiger partial charge >= 0.3 is 0 Å². The van der Waals surface area contributed by atoms with Crippen molar-refractivity contribution >= 4 is 22.2 Å². The van der Waals surface area contributed by atoms with Gasteiger partial charge in [0.2, 0.25) is 5.91 Å². The van der Waals surface area contributed by atoms with E-state index in [9.17, 15) is 4.79 Å². The van der Waals surface area contributed by atoms with Gasteiger partial charge in [0.25, 0.3) is 0 Å². The molecule has 0 unspecified atom stereocenters. The monoisotopic (exact) mass is 375 g/mol. The SMILES string of the molecule is COc1ccc(OC)c(-c2cn3c(CC(=O)N(C)CCO)csc3n2)c1. The minimum atomic E-state index is -0.0495. The normalized spacial score (nSPS) is 10.9. The van der Waals surface area contributed by atoms with E-state index in [0.717, 1.165) is 27.7 Å². The van der Waals surface area contributed by atoms with E-state index in [2.05, 4.69) is 4.98 Å². The number of hydrogen-bond acceptors (Lipinski definition) is 6. The van der Waals surface area contributed by atoms with Gasteiger partial charge in [-0.25, -0.2) is 4.98 Å². The summed E-state index contributed by atoms with van der Waals surface area (Å²) in [6.07, 6.45) is 2.15. The van der Waals surface area contributed by atoms with Crippen molar-refractivity contribution in [3.8, 4) is 22.8 Å². The molecule has 0 saturated carbocycles. The first kappa shape index (κ1) is 18.2. The molecular weight excluding hydrogens is 354 g/mol. The molecule has 3 rings (SSSR count). The molecule has 0 radical (unpaired) electrons. The summed E-state index contributed by atoms with van der Waals surface area (Å²) in [4.78, 5) is 19.2. The van der Waals surface area contributed by atoms with Gasteiger partial charge < -0.3 is 19.5 Å². The second kappa shape index (κ2) is 7.76. The van der Waals surface area contributed by atoms with Crippen LogP contribution in [0.1, 0.15) is 5.69 Å². The molecule has 3 aromatic rings. The van der Waals surface area contributed by atoms with Crippen LogP contribution in [0.15, 0.2) is 29.8 Å². The highest BCUT2D eigenvalue weighted by Gasteiger charge is 2.17. The highest BCUT2D eigenvalue weighted by Crippen LogP contribution is 2.34. The Bertz CT molecular complexity index is 918. The van der Waals surface area contributed by atoms with Crippen molar-refractivity contribution < 1.29 is 19.4 Å². The molecular formula is C18H21N3O4S. The van der Waals surface area contributed by atoms with Crippen LogP contribution < -0.4 is 9.47 Å². The maximum atomic E-state index is 12.3. The van der Waals surface area contributed by atoms with Gasteiger partial charge in [0.1, 0.15) is 11.5 Å². The van der Waals surface area contributed by atoms with Crippen LogP contribution in [-0.2, 0) is 11.2 Å². The van der Waals surface area contributed by atoms with Crippen LogP contribution >= 0.6 is 11.3 Å². The number of ether oxygens (including phenoxy) is 2. The van der Waals surface area contributed by atoms with Crippen LogP contribution in [0.25, 0.3) is 16.2 Å². The summed E-state index contributed by atoms with van der Waals surface area (Å²) in [5, 5.41) is 10.9. The van der Waals surface area contributed by atoms with Crippen molar-refractivity contribution in [2.24, 2.45) is 0 Å². The molecule has 0 fully saturated rings. The molecule has 0 aliphatic carbocycles. The van der Waals surface area contributed by atoms with Crippen LogP contribution in [0.5, 0.6) is 11.5 Å². The summed E-state index contributed by atoms with van der Waals surface area (Å²) in [7, 11) is 4.91. The number of aliphatic hydroxyl groups is 1. The third-order valence-electron chi connectivity index (χ3n) is 4.16. The Morgan fingerprint density at radius 2 is 2.15 bits per heavy atom. The molecule has 7 nitrogen and oxygen atoms in total. The number of fused-ring (bicyclic) bond motifs is 1. The van der Waals surface area contributed by atoms with Crippen molar-refractivity contribution in [1.29, 1.82) is 0 Å². The van der Waals surface area contributed by atoms with Gasteiger partial charge in [0.15, 0.2) is 4.96 Å². The lowest BCUT2D eigenvalue weighted by molar-refractivity contribution is -0.129. The van der Waals surface area contributed by atoms with Gasteiger partial charge in [0.05, 0.1) is 32.9 Å². The average Bonchev–Trinajstić information content (AvgIpc) is 3.23. The Labute approximate surface area is 155 Å². The number of hydrogen-bond donors (Lipinski definition) is 1. The highest BCUT2D eigenvalue weighted by molar-refractivity contribution is 7.15. The first-order chi connectivity index (χ1) is 12.6. The molecule has 1 amide bonds. The van der Waals surface area contributed by atoms with E-state index in [4.69, 9.17) is 14.6 Å². The Hall–Kier alpha value is -2.58. The maximum absolute atomic E-state index is 12.3. The zero-order chi connectivity index (χ0) is 18.7. The summed E-state index contributed by atoms with van der Waals surface area (Å²) in [6, 6.07) is 5.56. The average molecular weight is 375 g/mol. The van der Waals surface area contributed by atoms with Crippen molar-refractivity contribution in [2.45, 2.75) is 6.42 Å². The lowest BCUT2D eigenvalue weighted by Gasteiger charge is -2.15. The van der Waals surface area contributed by atoms with Crippen molar-refractivity contribution in [3.05, 3.63) is 35.5 Å². The quantitative estimate of drug-likeness (QED) is 0.684. The molecule has 0 saturated heterocycles. The van der Waals surface area contributed by atoms with Gasteiger partial charge in [-0.2, -0.15) is 0 Å². The largest absolute Gasteiger partial charge is 0.497 e. The van der Waals surface area contributed by atoms with Gasteiger partial charge in [0, 0.05) is 36.4 Å². The predicted octanol–water partition coefficient (Wildman–Crippen LogP) is 2.07. The fourth-order valence-corrected chi connectivity index (χ4v) is 3.54. The molecule has 0 spiro atoms. The number of amides is 1. The lowest BCUT2D eigenvalue weighted by Crippen LogP contribution is -2.31. The molecule has 138 valence electrons. The Balaban J connectivity index is 1.94. The fourth-order valence-electron chi connectivity index (χ4n) is 2.67. The van der Waals surface area contributed by atoms with Crippen LogP contribution in [0.2, 0.25) is 0 Å². The summed E-state index contributed by atoms with van der Waals surface area (Å²) in [5.74, 6) is 1.38. The first-order valence-electron chi connectivity index (χ1n) is 8.10. The van der Waals surface area contributed by atoms with Crippen molar-refractivity contribution in [3.63, 3.8) is 0 Å². The standard InChI is InChI=1S/C18H21N3O4S/c1-20(6-7-22)17(23)8-12-11-26-18-19-15(10-21(12)18)14-9-13(24-2)4-5-16(14)25-3/h4-5,9-11,22H,6-8H2,1-3H3. The number of carbonyl (C=O) groups excluding carboxylic acids is 1. The molecule has 0 aliphatic rings. The summed E-state index contributed by atoms with van der Waals surface area (Å²) in [5.41, 5.74) is 2.45. The number of imidazole rings is 1. The summed E-state index contributed by atoms with van der Waals surface area (Å²) < 4.78 is 12.7. The zero-order valence-electron chi connectivity index (χ0n) is 14.9. The van der Waals surface area contributed by atoms with Crippen molar-refractivity contribution in [2.75, 3.05) is 34.4 Å². The number of likely N-dealkylation sites (N-methyl/N-ethyl adjacent to an activating group) is 1. The predicted molar refractivity (Wildman–Crippen MR) is 100 cm³/mol. The number of aromatic nitrogens is 2. The Kier molecular flexibility index (Phi) is 5.43. The maximum Gasteiger partial charge on any atom is 0.228 e. The van der Waals surface area contributed by atoms with Gasteiger partial charge in [-0.3, -0.25) is 9.20 Å². The number of benzene rings is 1. The van der Waals surface area contributed by atoms with Crippen LogP contribution in [-0.4, -0.2) is 59.7 Å². The van der Waals surface area contributed by atoms with E-state index < -0.39 is 0 Å². The van der Waals surface area contributed by atoms with E-state index in [1.165, 1.54) is 16.2 Å². The minimum Gasteiger partial charge on any atom is -0.497 e. The minimum absolute atomic E-state index is 0.0482. The number of nitrogens with zero attached hydrogens (tertiary/aromatic N) is 3. The zero-order valence-corrected chi connectivity index (χ0v) is 15.7. The number of rotatable bonds is 7. The molecule has 2 aromatic heterocycles. The third-order valence-corrected chi connectivity index (χ3v) is 5.05. The topological polar surface area (TPSA) is 76.3 Å². The molecule has 0 atom stereocenters. The van der Waals surface area contributed by atoms with Crippen LogP contribution in [0.3, 0.4) is 0 Å². The van der Waals surface area contributed by atoms with E-state index >= 15 is 0 Å². The molecule has 8 heteroatoms. The molecule has 0 bridgehead atoms. The summed E-state index contributed by atoms with van der Waals surface area (Å²) in [6.45, 7) is 0.272. The van der Waals surface area contributed by atoms with Gasteiger partial charge in [-0.05, 0) is 18.2 Å². The number of methoxy groups -OCH3 is 2. The molecule has 26 heavy (non-hydrogen) atoms. The number of carbonyl (C=O) groups is 1. The Morgan fingerprint density at radius 1 is 1.35 bits per heavy atom. The van der Waals surface area contributed by atoms with E-state index in [0.29, 0.717) is 12.3 Å². The molecule has 1 N–H and O–H groups in total. The second-order valence-corrected chi connectivity index (χ2v) is 6.62. The van der Waals surface area contributed by atoms with Gasteiger partial charge in [-0.15, -0.1) is 11.3 Å². The van der Waals surface area contributed by atoms with Crippen molar-refractivity contribution in [1.82, 2.24) is 14.3 Å². The van der Waals surface area contributed by atoms with E-state index in [1.54, 1.807) is 21.3 Å². The van der Waals surface area contributed by atoms with Crippen LogP contribution in [0.4, 0.5) is 0 Å². The number of aliphatic hydroxyl groups excluding tert-OH is 1. The number of thiazole rings is 1. The smallest absolute Gasteiger partial charge is 0.228 e. The molecule has 0 aliphatic heterocycles. The molecule has 1 aromatic carbocycles. The first-order valence-corrected chi connectivity index (χ1v) is 8.98. The molecule has 2 heterocycles. The Morgan fingerprint density at radius 3 is 2.85 bits per heavy atom. The van der Waals surface area contributed by atoms with E-state index in [1.807, 2.05) is 34.2 Å². The van der Waals surface area contributed by atoms with Gasteiger partial charge in [-0.1, -0.05) is 0 Å². The van der Waals surface area contributed by atoms with E-state index in [-0.39, 0.29) is 18.9 Å². The lowest BCUT2D eigenvalue weighted by atomic mass is 10.1. The fraction of sp³-hybridized carbons (Fsp3) is 0.333.